The third-order valence-corrected chi connectivity index (χ3v) is 2.52. The zero-order valence-corrected chi connectivity index (χ0v) is 12.9. The van der Waals surface area contributed by atoms with Crippen molar-refractivity contribution in [2.24, 2.45) is 0 Å². The summed E-state index contributed by atoms with van der Waals surface area (Å²) in [4.78, 5) is 0.176. The Morgan fingerprint density at radius 2 is 1.67 bits per heavy atom. The third kappa shape index (κ3) is 7.88. The Balaban J connectivity index is 0. The van der Waals surface area contributed by atoms with Crippen molar-refractivity contribution in [2.45, 2.75) is 51.9 Å². The lowest BCUT2D eigenvalue weighted by molar-refractivity contribution is 0.0143. The van der Waals surface area contributed by atoms with E-state index in [0.717, 1.165) is 12.1 Å². The molecule has 0 spiro atoms. The Hall–Kier alpha value is -0.350. The average Bonchev–Trinajstić information content (AvgIpc) is 2.31. The van der Waals surface area contributed by atoms with Gasteiger partial charge in [0.2, 0.25) is 0 Å². The Bertz CT molecular complexity index is 325. The van der Waals surface area contributed by atoms with Gasteiger partial charge in [0, 0.05) is 17.4 Å². The first-order valence-electron chi connectivity index (χ1n) is 5.83. The fraction of sp³-hybridized carbons (Fsp3) is 0.538. The summed E-state index contributed by atoms with van der Waals surface area (Å²) in [5.41, 5.74) is -0.382. The van der Waals surface area contributed by atoms with E-state index in [1.165, 1.54) is 12.5 Å². The molecule has 0 heterocycles. The van der Waals surface area contributed by atoms with E-state index in [1.54, 1.807) is 0 Å². The SMILES string of the molecule is CC.CC(F)(F)c1cc(F)ccc1SCl.CCC. The molecular weight excluding hydrogens is 281 g/mol. The van der Waals surface area contributed by atoms with Gasteiger partial charge in [-0.15, -0.1) is 0 Å². The molecule has 0 fully saturated rings. The minimum absolute atomic E-state index is 0.176. The van der Waals surface area contributed by atoms with Crippen LogP contribution in [0.25, 0.3) is 0 Å². The third-order valence-electron chi connectivity index (χ3n) is 1.50. The van der Waals surface area contributed by atoms with Crippen LogP contribution in [0, 0.1) is 5.82 Å². The van der Waals surface area contributed by atoms with Crippen LogP contribution in [0.5, 0.6) is 0 Å². The van der Waals surface area contributed by atoms with Gasteiger partial charge in [0.15, 0.2) is 0 Å². The van der Waals surface area contributed by atoms with Crippen LogP contribution < -0.4 is 0 Å². The summed E-state index contributed by atoms with van der Waals surface area (Å²) in [5, 5.41) is 0. The van der Waals surface area contributed by atoms with Gasteiger partial charge in [-0.25, -0.2) is 13.2 Å². The quantitative estimate of drug-likeness (QED) is 0.591. The lowest BCUT2D eigenvalue weighted by atomic mass is 10.1. The molecule has 1 rings (SSSR count). The van der Waals surface area contributed by atoms with Crippen LogP contribution in [0.3, 0.4) is 0 Å². The van der Waals surface area contributed by atoms with E-state index in [4.69, 9.17) is 10.7 Å². The van der Waals surface area contributed by atoms with Gasteiger partial charge in [0.05, 0.1) is 0 Å². The first kappa shape index (κ1) is 20.0. The number of halogens is 4. The van der Waals surface area contributed by atoms with Crippen LogP contribution in [0.1, 0.15) is 46.6 Å². The van der Waals surface area contributed by atoms with E-state index in [1.807, 2.05) is 13.8 Å². The summed E-state index contributed by atoms with van der Waals surface area (Å²) >= 11 is 0. The number of hydrogen-bond donors (Lipinski definition) is 0. The Morgan fingerprint density at radius 3 is 2.00 bits per heavy atom. The van der Waals surface area contributed by atoms with Crippen LogP contribution in [-0.4, -0.2) is 0 Å². The highest BCUT2D eigenvalue weighted by atomic mass is 35.7. The van der Waals surface area contributed by atoms with Gasteiger partial charge < -0.3 is 0 Å². The summed E-state index contributed by atoms with van der Waals surface area (Å²) in [6.07, 6.45) is 1.25. The second kappa shape index (κ2) is 10.6. The van der Waals surface area contributed by atoms with Crippen LogP contribution in [0.4, 0.5) is 13.2 Å². The van der Waals surface area contributed by atoms with Crippen molar-refractivity contribution in [3.05, 3.63) is 29.6 Å². The van der Waals surface area contributed by atoms with E-state index >= 15 is 0 Å². The van der Waals surface area contributed by atoms with Gasteiger partial charge in [-0.05, 0) is 39.9 Å². The zero-order chi connectivity index (χ0) is 14.8. The molecule has 0 N–H and O–H groups in total. The molecule has 0 bridgehead atoms. The van der Waals surface area contributed by atoms with Gasteiger partial charge in [0.1, 0.15) is 5.82 Å². The average molecular weight is 301 g/mol. The Kier molecular flexibility index (Phi) is 11.7. The Labute approximate surface area is 116 Å². The molecule has 0 unspecified atom stereocenters. The summed E-state index contributed by atoms with van der Waals surface area (Å²) in [7, 11) is 6.01. The molecule has 0 nitrogen and oxygen atoms in total. The lowest BCUT2D eigenvalue weighted by Gasteiger charge is -2.13. The van der Waals surface area contributed by atoms with Gasteiger partial charge >= 0.3 is 0 Å². The molecule has 0 aliphatic rings. The van der Waals surface area contributed by atoms with Crippen molar-refractivity contribution < 1.29 is 13.2 Å². The maximum absolute atomic E-state index is 12.8. The molecule has 1 aromatic rings. The molecule has 0 amide bonds. The fourth-order valence-electron chi connectivity index (χ4n) is 0.913. The molecule has 1 aromatic carbocycles. The second-order valence-corrected chi connectivity index (χ2v) is 4.37. The smallest absolute Gasteiger partial charge is 0.207 e. The van der Waals surface area contributed by atoms with E-state index in [0.29, 0.717) is 17.9 Å². The maximum atomic E-state index is 12.8. The molecule has 0 aliphatic heterocycles. The summed E-state index contributed by atoms with van der Waals surface area (Å²) < 4.78 is 38.3. The number of alkyl halides is 2. The van der Waals surface area contributed by atoms with Crippen LogP contribution in [-0.2, 0) is 5.92 Å². The van der Waals surface area contributed by atoms with Crippen molar-refractivity contribution in [3.63, 3.8) is 0 Å². The van der Waals surface area contributed by atoms with E-state index < -0.39 is 11.7 Å². The summed E-state index contributed by atoms with van der Waals surface area (Å²) in [6.45, 7) is 8.96. The van der Waals surface area contributed by atoms with E-state index in [2.05, 4.69) is 13.8 Å². The monoisotopic (exact) mass is 300 g/mol. The molecule has 0 radical (unpaired) electrons. The predicted octanol–water partition coefficient (Wildman–Crippen LogP) is 6.63. The number of benzene rings is 1. The number of rotatable bonds is 2. The summed E-state index contributed by atoms with van der Waals surface area (Å²) in [5.74, 6) is -3.76. The molecule has 0 aliphatic carbocycles. The highest BCUT2D eigenvalue weighted by Crippen LogP contribution is 2.36. The van der Waals surface area contributed by atoms with Gasteiger partial charge in [-0.2, -0.15) is 0 Å². The standard InChI is InChI=1S/C8H6ClF3S.C3H8.C2H6/c1-8(11,12)6-4-5(10)2-3-7(6)13-9;1-3-2;1-2/h2-4H,1H3;3H2,1-2H3;1-2H3. The zero-order valence-electron chi connectivity index (χ0n) is 11.4. The van der Waals surface area contributed by atoms with Crippen LogP contribution >= 0.6 is 21.7 Å². The molecule has 0 saturated carbocycles. The molecule has 18 heavy (non-hydrogen) atoms. The van der Waals surface area contributed by atoms with Crippen molar-refractivity contribution in [1.29, 1.82) is 0 Å². The summed E-state index contributed by atoms with van der Waals surface area (Å²) in [6, 6.07) is 3.13. The van der Waals surface area contributed by atoms with Crippen molar-refractivity contribution in [1.82, 2.24) is 0 Å². The second-order valence-electron chi connectivity index (χ2n) is 3.31. The van der Waals surface area contributed by atoms with E-state index in [9.17, 15) is 13.2 Å². The maximum Gasteiger partial charge on any atom is 0.271 e. The van der Waals surface area contributed by atoms with Crippen molar-refractivity contribution in [3.8, 4) is 0 Å². The number of hydrogen-bond acceptors (Lipinski definition) is 1. The van der Waals surface area contributed by atoms with Crippen molar-refractivity contribution in [2.75, 3.05) is 0 Å². The molecule has 106 valence electrons. The molecule has 0 atom stereocenters. The normalized spacial score (nSPS) is 9.83. The van der Waals surface area contributed by atoms with Crippen LogP contribution in [0.2, 0.25) is 0 Å². The lowest BCUT2D eigenvalue weighted by Crippen LogP contribution is -2.08. The molecule has 0 saturated heterocycles. The minimum Gasteiger partial charge on any atom is -0.207 e. The topological polar surface area (TPSA) is 0 Å². The van der Waals surface area contributed by atoms with E-state index in [-0.39, 0.29) is 10.5 Å². The van der Waals surface area contributed by atoms with Crippen molar-refractivity contribution >= 4 is 21.7 Å². The van der Waals surface area contributed by atoms with Crippen LogP contribution in [0.15, 0.2) is 23.1 Å². The highest BCUT2D eigenvalue weighted by molar-refractivity contribution is 8.21. The largest absolute Gasteiger partial charge is 0.271 e. The first-order chi connectivity index (χ1) is 8.36. The molecule has 5 heteroatoms. The predicted molar refractivity (Wildman–Crippen MR) is 75.0 cm³/mol. The highest BCUT2D eigenvalue weighted by Gasteiger charge is 2.28. The molecular formula is C13H20ClF3S. The molecule has 0 aromatic heterocycles. The van der Waals surface area contributed by atoms with Gasteiger partial charge in [-0.3, -0.25) is 0 Å². The first-order valence-corrected chi connectivity index (χ1v) is 7.47. The Morgan fingerprint density at radius 1 is 1.22 bits per heavy atom. The fourth-order valence-corrected chi connectivity index (χ4v) is 1.76. The van der Waals surface area contributed by atoms with Gasteiger partial charge in [0.25, 0.3) is 5.92 Å². The van der Waals surface area contributed by atoms with Gasteiger partial charge in [-0.1, -0.05) is 34.1 Å². The minimum atomic E-state index is -3.07.